The van der Waals surface area contributed by atoms with Crippen molar-refractivity contribution in [2.45, 2.75) is 79.6 Å². The molecule has 5 rings (SSSR count). The summed E-state index contributed by atoms with van der Waals surface area (Å²) >= 11 is 19.8. The quantitative estimate of drug-likeness (QED) is 0.117. The number of hydrogen-bond donors (Lipinski definition) is 1. The van der Waals surface area contributed by atoms with Gasteiger partial charge in [-0.05, 0) is 92.7 Å². The van der Waals surface area contributed by atoms with Gasteiger partial charge in [-0.1, -0.05) is 88.7 Å². The minimum Gasteiger partial charge on any atom is -0.322 e. The van der Waals surface area contributed by atoms with Crippen molar-refractivity contribution in [2.24, 2.45) is 0 Å². The van der Waals surface area contributed by atoms with Crippen LogP contribution in [0.1, 0.15) is 89.9 Å². The average Bonchev–Trinajstić information content (AvgIpc) is 3.37. The number of unbranched alkanes of at least 4 members (excludes halogenated alkanes) is 2. The van der Waals surface area contributed by atoms with Gasteiger partial charge in [0.1, 0.15) is 0 Å². The van der Waals surface area contributed by atoms with Crippen molar-refractivity contribution in [1.29, 1.82) is 0 Å². The number of fused-ring (bicyclic) bond motifs is 1. The second-order valence-electron chi connectivity index (χ2n) is 10.7. The predicted molar refractivity (Wildman–Crippen MR) is 210 cm³/mol. The number of nitrogens with one attached hydrogen (secondary N) is 1. The van der Waals surface area contributed by atoms with Crippen LogP contribution in [0.5, 0.6) is 0 Å². The summed E-state index contributed by atoms with van der Waals surface area (Å²) in [6, 6.07) is 16.7. The number of carbonyl (C=O) groups excluding carboxylic acids is 1. The molecule has 9 heteroatoms. The third kappa shape index (κ3) is 14.1. The molecule has 1 fully saturated rings. The highest BCUT2D eigenvalue weighted by molar-refractivity contribution is 8.00. The van der Waals surface area contributed by atoms with Gasteiger partial charge >= 0.3 is 0 Å². The monoisotopic (exact) mass is 714 g/mol. The molecule has 4 aromatic rings. The van der Waals surface area contributed by atoms with E-state index in [1.807, 2.05) is 62.2 Å². The van der Waals surface area contributed by atoms with Crippen LogP contribution < -0.4 is 9.62 Å². The summed E-state index contributed by atoms with van der Waals surface area (Å²) in [6.07, 6.45) is 16.5. The average molecular weight is 716 g/mol. The van der Waals surface area contributed by atoms with E-state index < -0.39 is 0 Å². The molecule has 5 nitrogen and oxygen atoms in total. The van der Waals surface area contributed by atoms with Crippen LogP contribution in [0.3, 0.4) is 0 Å². The third-order valence-electron chi connectivity index (χ3n) is 6.91. The summed E-state index contributed by atoms with van der Waals surface area (Å²) in [5.74, 6) is 1.55. The van der Waals surface area contributed by atoms with E-state index in [1.165, 1.54) is 32.1 Å². The van der Waals surface area contributed by atoms with Gasteiger partial charge in [0.15, 0.2) is 0 Å². The smallest absolute Gasteiger partial charge is 0.257 e. The fourth-order valence-corrected chi connectivity index (χ4v) is 6.07. The zero-order chi connectivity index (χ0) is 34.4. The van der Waals surface area contributed by atoms with Crippen LogP contribution >= 0.6 is 46.8 Å². The molecule has 3 heterocycles. The zero-order valence-corrected chi connectivity index (χ0v) is 31.5. The van der Waals surface area contributed by atoms with Gasteiger partial charge in [0.25, 0.3) is 5.91 Å². The lowest BCUT2D eigenvalue weighted by molar-refractivity contribution is 0.102. The van der Waals surface area contributed by atoms with E-state index in [4.69, 9.17) is 39.8 Å². The Bertz CT molecular complexity index is 1520. The molecule has 254 valence electrons. The maximum atomic E-state index is 13.0. The highest BCUT2D eigenvalue weighted by Gasteiger charge is 2.16. The molecule has 1 aliphatic rings. The summed E-state index contributed by atoms with van der Waals surface area (Å²) in [5, 5.41) is 4.87. The van der Waals surface area contributed by atoms with E-state index >= 15 is 0 Å². The van der Waals surface area contributed by atoms with E-state index in [9.17, 15) is 4.79 Å². The molecule has 2 aromatic carbocycles. The summed E-state index contributed by atoms with van der Waals surface area (Å²) in [4.78, 5) is 21.8. The Labute approximate surface area is 301 Å². The molecular weight excluding hydrogens is 667 g/mol. The molecule has 47 heavy (non-hydrogen) atoms. The minimum atomic E-state index is -0.272. The van der Waals surface area contributed by atoms with Crippen LogP contribution in [0, 0.1) is 0 Å². The molecule has 0 aliphatic carbocycles. The second-order valence-corrected chi connectivity index (χ2v) is 13.1. The molecule has 0 radical (unpaired) electrons. The number of nitrogens with zero attached hydrogens (tertiary/aromatic N) is 3. The lowest BCUT2D eigenvalue weighted by Gasteiger charge is -2.21. The van der Waals surface area contributed by atoms with Gasteiger partial charge in [0.05, 0.1) is 26.8 Å². The van der Waals surface area contributed by atoms with Crippen molar-refractivity contribution >= 4 is 74.9 Å². The highest BCUT2D eigenvalue weighted by atomic mass is 35.5. The normalized spacial score (nSPS) is 12.6. The SMILES string of the molecule is C/C=C\CC.CCCCC.CCCl.O=C(Nc1ccc(Cl)c(-c2ccc3cnccc3n2)c1)c1ccc(N2CCCCCS2)cc1Cl. The maximum absolute atomic E-state index is 13.0. The Hall–Kier alpha value is -2.77. The molecule has 0 atom stereocenters. The molecule has 2 aromatic heterocycles. The fourth-order valence-electron chi connectivity index (χ4n) is 4.52. The van der Waals surface area contributed by atoms with Crippen molar-refractivity contribution in [3.63, 3.8) is 0 Å². The summed E-state index contributed by atoms with van der Waals surface area (Å²) in [7, 11) is 0. The largest absolute Gasteiger partial charge is 0.322 e. The number of pyridine rings is 2. The first-order valence-electron chi connectivity index (χ1n) is 16.5. The Balaban J connectivity index is 0.000000505. The van der Waals surface area contributed by atoms with Crippen molar-refractivity contribution in [1.82, 2.24) is 9.97 Å². The van der Waals surface area contributed by atoms with Gasteiger partial charge in [-0.15, -0.1) is 11.6 Å². The van der Waals surface area contributed by atoms with Gasteiger partial charge in [0.2, 0.25) is 0 Å². The molecule has 1 aliphatic heterocycles. The molecule has 1 amide bonds. The van der Waals surface area contributed by atoms with Crippen LogP contribution in [0.15, 0.2) is 79.1 Å². The van der Waals surface area contributed by atoms with E-state index in [2.05, 4.69) is 47.5 Å². The first-order chi connectivity index (χ1) is 22.8. The second kappa shape index (κ2) is 23.5. The molecule has 1 saturated heterocycles. The van der Waals surface area contributed by atoms with E-state index in [-0.39, 0.29) is 5.91 Å². The summed E-state index contributed by atoms with van der Waals surface area (Å²) in [5.41, 5.74) is 4.35. The third-order valence-corrected chi connectivity index (χ3v) is 8.72. The number of halogens is 3. The molecule has 0 spiro atoms. The topological polar surface area (TPSA) is 58.1 Å². The van der Waals surface area contributed by atoms with Gasteiger partial charge in [0, 0.05) is 52.9 Å². The Kier molecular flexibility index (Phi) is 20.2. The molecule has 0 saturated carbocycles. The van der Waals surface area contributed by atoms with Crippen molar-refractivity contribution in [3.8, 4) is 11.3 Å². The van der Waals surface area contributed by atoms with Crippen LogP contribution in [0.4, 0.5) is 11.4 Å². The number of allylic oxidation sites excluding steroid dienone is 2. The van der Waals surface area contributed by atoms with Crippen LogP contribution in [-0.4, -0.2) is 34.1 Å². The molecule has 0 bridgehead atoms. The molecular formula is C38H49Cl3N4OS. The Morgan fingerprint density at radius 1 is 0.957 bits per heavy atom. The predicted octanol–water partition coefficient (Wildman–Crippen LogP) is 12.9. The van der Waals surface area contributed by atoms with Gasteiger partial charge in [-0.3, -0.25) is 9.78 Å². The number of carbonyl (C=O) groups is 1. The fraction of sp³-hybridized carbons (Fsp3) is 0.395. The molecule has 0 unspecified atom stereocenters. The van der Waals surface area contributed by atoms with Crippen LogP contribution in [0.2, 0.25) is 10.0 Å². The van der Waals surface area contributed by atoms with Crippen LogP contribution in [-0.2, 0) is 0 Å². The number of anilines is 2. The first kappa shape index (κ1) is 40.4. The number of hydrogen-bond acceptors (Lipinski definition) is 5. The lowest BCUT2D eigenvalue weighted by Crippen LogP contribution is -2.16. The van der Waals surface area contributed by atoms with Crippen molar-refractivity contribution in [3.05, 3.63) is 94.8 Å². The molecule has 1 N–H and O–H groups in total. The lowest BCUT2D eigenvalue weighted by atomic mass is 10.1. The number of amides is 1. The number of rotatable bonds is 7. The van der Waals surface area contributed by atoms with E-state index in [1.54, 1.807) is 30.6 Å². The number of aromatic nitrogens is 2. The van der Waals surface area contributed by atoms with E-state index in [0.717, 1.165) is 58.9 Å². The first-order valence-corrected chi connectivity index (χ1v) is 18.8. The number of alkyl halides is 1. The van der Waals surface area contributed by atoms with Crippen molar-refractivity contribution in [2.75, 3.05) is 27.8 Å². The standard InChI is InChI=1S/C26H22Cl2N4OS.C5H12.C5H10.C2H5Cl/c27-22-8-5-18(14-21(22)25-9-4-17-16-29-11-10-24(17)31-25)30-26(33)20-7-6-19(15-23(20)28)32-12-2-1-3-13-34-32;2*1-3-5-4-2;1-2-3/h4-11,14-16H,1-3,12-13H2,(H,30,33);3-5H2,1-2H3;3,5H,4H2,1-2H3;2H2,1H3/b;;5-3-;. The van der Waals surface area contributed by atoms with Gasteiger partial charge in [-0.25, -0.2) is 4.98 Å². The maximum Gasteiger partial charge on any atom is 0.257 e. The Morgan fingerprint density at radius 2 is 1.72 bits per heavy atom. The van der Waals surface area contributed by atoms with Crippen LogP contribution in [0.25, 0.3) is 22.2 Å². The minimum absolute atomic E-state index is 0.272. The highest BCUT2D eigenvalue weighted by Crippen LogP contribution is 2.33. The number of benzene rings is 2. The summed E-state index contributed by atoms with van der Waals surface area (Å²) < 4.78 is 2.26. The van der Waals surface area contributed by atoms with E-state index in [0.29, 0.717) is 21.3 Å². The van der Waals surface area contributed by atoms with Gasteiger partial charge in [-0.2, -0.15) is 0 Å². The van der Waals surface area contributed by atoms with Crippen molar-refractivity contribution < 1.29 is 4.79 Å². The Morgan fingerprint density at radius 3 is 2.36 bits per heavy atom. The summed E-state index contributed by atoms with van der Waals surface area (Å²) in [6.45, 7) is 11.5. The zero-order valence-electron chi connectivity index (χ0n) is 28.4. The van der Waals surface area contributed by atoms with Gasteiger partial charge < -0.3 is 9.62 Å².